The molecule has 0 aliphatic heterocycles. The predicted octanol–water partition coefficient (Wildman–Crippen LogP) is 3.75. The highest BCUT2D eigenvalue weighted by Crippen LogP contribution is 2.25. The van der Waals surface area contributed by atoms with E-state index in [1.54, 1.807) is 34.8 Å². The quantitative estimate of drug-likeness (QED) is 0.377. The third-order valence-corrected chi connectivity index (χ3v) is 4.97. The summed E-state index contributed by atoms with van der Waals surface area (Å²) >= 11 is 0. The van der Waals surface area contributed by atoms with E-state index in [2.05, 4.69) is 5.32 Å². The number of methoxy groups -OCH3 is 1. The van der Waals surface area contributed by atoms with E-state index in [-0.39, 0.29) is 12.8 Å². The topological polar surface area (TPSA) is 137 Å². The summed E-state index contributed by atoms with van der Waals surface area (Å²) < 4.78 is 20.1. The summed E-state index contributed by atoms with van der Waals surface area (Å²) in [5.41, 5.74) is -0.0653. The van der Waals surface area contributed by atoms with Gasteiger partial charge in [-0.3, -0.25) is 9.59 Å². The van der Waals surface area contributed by atoms with Crippen LogP contribution in [0.25, 0.3) is 10.8 Å². The average Bonchev–Trinajstić information content (AvgIpc) is 2.79. The second-order valence-corrected chi connectivity index (χ2v) is 8.87. The van der Waals surface area contributed by atoms with Gasteiger partial charge in [-0.25, -0.2) is 9.59 Å². The van der Waals surface area contributed by atoms with Crippen LogP contribution in [0.4, 0.5) is 4.79 Å². The zero-order valence-electron chi connectivity index (χ0n) is 20.5. The van der Waals surface area contributed by atoms with E-state index in [0.717, 1.165) is 22.1 Å². The summed E-state index contributed by atoms with van der Waals surface area (Å²) in [6.07, 6.45) is -1.44. The lowest BCUT2D eigenvalue weighted by molar-refractivity contribution is -0.168. The number of alkyl carbamates (subject to hydrolysis) is 1. The van der Waals surface area contributed by atoms with Gasteiger partial charge in [-0.1, -0.05) is 24.3 Å². The third-order valence-electron chi connectivity index (χ3n) is 4.97. The second kappa shape index (κ2) is 12.0. The molecule has 0 saturated heterocycles. The van der Waals surface area contributed by atoms with Gasteiger partial charge in [-0.2, -0.15) is 0 Å². The minimum atomic E-state index is -1.34. The Kier molecular flexibility index (Phi) is 9.44. The molecule has 2 aromatic rings. The molecule has 0 fully saturated rings. The Morgan fingerprint density at radius 3 is 2.29 bits per heavy atom. The van der Waals surface area contributed by atoms with Gasteiger partial charge in [0.2, 0.25) is 6.79 Å². The van der Waals surface area contributed by atoms with Crippen molar-refractivity contribution < 1.29 is 43.2 Å². The predicted molar refractivity (Wildman–Crippen MR) is 126 cm³/mol. The number of carboxylic acid groups (broad SMARTS) is 1. The maximum Gasteiger partial charge on any atom is 0.408 e. The van der Waals surface area contributed by atoms with Crippen LogP contribution in [0, 0.1) is 0 Å². The number of carbonyl (C=O) groups is 4. The molecule has 2 rings (SSSR count). The third kappa shape index (κ3) is 8.80. The first-order valence-electron chi connectivity index (χ1n) is 11.0. The Balaban J connectivity index is 1.81. The minimum Gasteiger partial charge on any atom is -0.497 e. The van der Waals surface area contributed by atoms with Crippen LogP contribution in [-0.4, -0.2) is 54.7 Å². The van der Waals surface area contributed by atoms with Crippen LogP contribution in [-0.2, 0) is 28.6 Å². The smallest absolute Gasteiger partial charge is 0.408 e. The highest BCUT2D eigenvalue weighted by atomic mass is 16.7. The number of ether oxygens (including phenoxy) is 4. The van der Waals surface area contributed by atoms with Crippen LogP contribution in [0.15, 0.2) is 36.4 Å². The van der Waals surface area contributed by atoms with E-state index in [9.17, 15) is 24.3 Å². The zero-order chi connectivity index (χ0) is 26.2. The van der Waals surface area contributed by atoms with Crippen LogP contribution in [0.2, 0.25) is 0 Å². The Labute approximate surface area is 203 Å². The molecular weight excluding hydrogens is 458 g/mol. The minimum absolute atomic E-state index is 0.223. The molecule has 0 spiro atoms. The van der Waals surface area contributed by atoms with Gasteiger partial charge in [0.25, 0.3) is 0 Å². The van der Waals surface area contributed by atoms with Gasteiger partial charge in [-0.15, -0.1) is 0 Å². The molecule has 2 atom stereocenters. The molecule has 0 aliphatic carbocycles. The normalized spacial score (nSPS) is 12.8. The Bertz CT molecular complexity index is 1070. The molecule has 10 heteroatoms. The van der Waals surface area contributed by atoms with Crippen molar-refractivity contribution in [2.45, 2.75) is 58.1 Å². The van der Waals surface area contributed by atoms with Gasteiger partial charge in [0.15, 0.2) is 0 Å². The number of benzene rings is 2. The maximum atomic E-state index is 12.4. The van der Waals surface area contributed by atoms with Crippen molar-refractivity contribution >= 4 is 34.8 Å². The van der Waals surface area contributed by atoms with Crippen LogP contribution in [0.3, 0.4) is 0 Å². The molecule has 2 aromatic carbocycles. The van der Waals surface area contributed by atoms with E-state index in [0.29, 0.717) is 0 Å². The lowest BCUT2D eigenvalue weighted by atomic mass is 9.98. The van der Waals surface area contributed by atoms with Gasteiger partial charge < -0.3 is 29.4 Å². The maximum absolute atomic E-state index is 12.4. The van der Waals surface area contributed by atoms with Crippen molar-refractivity contribution in [3.63, 3.8) is 0 Å². The van der Waals surface area contributed by atoms with Crippen molar-refractivity contribution in [3.05, 3.63) is 42.0 Å². The number of fused-ring (bicyclic) bond motifs is 1. The van der Waals surface area contributed by atoms with Gasteiger partial charge in [0.1, 0.15) is 17.4 Å². The number of hydrogen-bond acceptors (Lipinski definition) is 8. The number of carbonyl (C=O) groups excluding carboxylic acids is 3. The number of carboxylic acids is 1. The summed E-state index contributed by atoms with van der Waals surface area (Å²) in [6.45, 7) is 5.98. The first-order chi connectivity index (χ1) is 16.4. The zero-order valence-corrected chi connectivity index (χ0v) is 20.5. The molecule has 0 heterocycles. The molecule has 0 aliphatic rings. The van der Waals surface area contributed by atoms with Crippen molar-refractivity contribution in [3.8, 4) is 5.75 Å². The number of esters is 2. The highest BCUT2D eigenvalue weighted by molar-refractivity contribution is 5.87. The SMILES string of the molecule is COc1ccc2cc(C(C)C(=O)OCOC(=O)CCC(NC(=O)OC(C)(C)C)C(=O)O)ccc2c1. The van der Waals surface area contributed by atoms with E-state index < -0.39 is 48.4 Å². The molecule has 2 unspecified atom stereocenters. The fourth-order valence-corrected chi connectivity index (χ4v) is 3.09. The van der Waals surface area contributed by atoms with Gasteiger partial charge in [-0.05, 0) is 62.6 Å². The molecule has 0 saturated carbocycles. The van der Waals surface area contributed by atoms with Crippen molar-refractivity contribution in [1.82, 2.24) is 5.32 Å². The monoisotopic (exact) mass is 489 g/mol. The number of hydrogen-bond donors (Lipinski definition) is 2. The van der Waals surface area contributed by atoms with E-state index in [1.807, 2.05) is 36.4 Å². The molecular formula is C25H31NO9. The fraction of sp³-hybridized carbons (Fsp3) is 0.440. The molecule has 10 nitrogen and oxygen atoms in total. The van der Waals surface area contributed by atoms with E-state index in [1.165, 1.54) is 0 Å². The summed E-state index contributed by atoms with van der Waals surface area (Å²) in [5.74, 6) is -2.55. The summed E-state index contributed by atoms with van der Waals surface area (Å²) in [6, 6.07) is 9.82. The summed E-state index contributed by atoms with van der Waals surface area (Å²) in [4.78, 5) is 47.4. The lowest BCUT2D eigenvalue weighted by Gasteiger charge is -2.21. The fourth-order valence-electron chi connectivity index (χ4n) is 3.09. The molecule has 0 radical (unpaired) electrons. The summed E-state index contributed by atoms with van der Waals surface area (Å²) in [5, 5.41) is 13.3. The lowest BCUT2D eigenvalue weighted by Crippen LogP contribution is -2.43. The van der Waals surface area contributed by atoms with Crippen LogP contribution < -0.4 is 10.1 Å². The van der Waals surface area contributed by atoms with Gasteiger partial charge in [0.05, 0.1) is 13.0 Å². The van der Waals surface area contributed by atoms with Crippen molar-refractivity contribution in [2.24, 2.45) is 0 Å². The molecule has 1 amide bonds. The first kappa shape index (κ1) is 27.4. The van der Waals surface area contributed by atoms with Crippen LogP contribution >= 0.6 is 0 Å². The van der Waals surface area contributed by atoms with E-state index in [4.69, 9.17) is 18.9 Å². The average molecular weight is 490 g/mol. The second-order valence-electron chi connectivity index (χ2n) is 8.87. The molecule has 0 bridgehead atoms. The van der Waals surface area contributed by atoms with Crippen molar-refractivity contribution in [2.75, 3.05) is 13.9 Å². The molecule has 35 heavy (non-hydrogen) atoms. The molecule has 190 valence electrons. The van der Waals surface area contributed by atoms with Crippen LogP contribution in [0.5, 0.6) is 5.75 Å². The molecule has 2 N–H and O–H groups in total. The van der Waals surface area contributed by atoms with Crippen molar-refractivity contribution in [1.29, 1.82) is 0 Å². The standard InChI is InChI=1S/C25H31NO9/c1-15(16-6-7-18-13-19(32-5)9-8-17(18)12-16)23(30)34-14-33-21(27)11-10-20(22(28)29)26-24(31)35-25(2,3)4/h6-9,12-13,15,20H,10-11,14H2,1-5H3,(H,26,31)(H,28,29). The molecule has 0 aromatic heterocycles. The number of rotatable bonds is 10. The van der Waals surface area contributed by atoms with Gasteiger partial charge in [0, 0.05) is 6.42 Å². The van der Waals surface area contributed by atoms with Gasteiger partial charge >= 0.3 is 24.0 Å². The van der Waals surface area contributed by atoms with E-state index >= 15 is 0 Å². The number of aliphatic carboxylic acids is 1. The number of amides is 1. The largest absolute Gasteiger partial charge is 0.497 e. The Morgan fingerprint density at radius 1 is 1.00 bits per heavy atom. The Hall–Kier alpha value is -3.82. The highest BCUT2D eigenvalue weighted by Gasteiger charge is 2.25. The summed E-state index contributed by atoms with van der Waals surface area (Å²) in [7, 11) is 1.59. The Morgan fingerprint density at radius 2 is 1.66 bits per heavy atom. The van der Waals surface area contributed by atoms with Crippen LogP contribution in [0.1, 0.15) is 52.0 Å². The first-order valence-corrected chi connectivity index (χ1v) is 11.0. The number of nitrogens with one attached hydrogen (secondary N) is 1.